The third kappa shape index (κ3) is 5.13. The third-order valence-corrected chi connectivity index (χ3v) is 3.64. The first-order valence-corrected chi connectivity index (χ1v) is 8.28. The molecule has 24 heavy (non-hydrogen) atoms. The number of benzene rings is 2. The second-order valence-corrected chi connectivity index (χ2v) is 5.55. The molecule has 4 nitrogen and oxygen atoms in total. The Morgan fingerprint density at radius 1 is 1.12 bits per heavy atom. The van der Waals surface area contributed by atoms with Crippen LogP contribution in [-0.2, 0) is 0 Å². The predicted octanol–water partition coefficient (Wildman–Crippen LogP) is 4.77. The van der Waals surface area contributed by atoms with Crippen LogP contribution in [0.4, 0.5) is 5.69 Å². The highest BCUT2D eigenvalue weighted by atomic mass is 16.5. The standard InChI is InChI=1S/C20H22N2O2/c1-2-3-4-7-13-24-19-12-6-5-11-18(19)20(23)22-17-10-8-9-16(14-17)15-21/h5-6,8-12,14H,2-4,7,13H2,1H3,(H,22,23). The van der Waals surface area contributed by atoms with Gasteiger partial charge in [0.2, 0.25) is 0 Å². The molecule has 0 fully saturated rings. The van der Waals surface area contributed by atoms with Gasteiger partial charge in [-0.25, -0.2) is 0 Å². The van der Waals surface area contributed by atoms with Crippen LogP contribution < -0.4 is 10.1 Å². The minimum absolute atomic E-state index is 0.241. The molecule has 4 heteroatoms. The molecule has 0 aromatic heterocycles. The number of nitriles is 1. The largest absolute Gasteiger partial charge is 0.493 e. The monoisotopic (exact) mass is 322 g/mol. The molecule has 2 aromatic rings. The molecule has 0 saturated heterocycles. The van der Waals surface area contributed by atoms with E-state index in [9.17, 15) is 4.79 Å². The number of rotatable bonds is 8. The first-order valence-electron chi connectivity index (χ1n) is 8.28. The summed E-state index contributed by atoms with van der Waals surface area (Å²) in [5.41, 5.74) is 1.60. The molecule has 0 aliphatic heterocycles. The molecular weight excluding hydrogens is 300 g/mol. The fourth-order valence-electron chi connectivity index (χ4n) is 2.36. The number of anilines is 1. The first kappa shape index (κ1) is 17.6. The number of carbonyl (C=O) groups excluding carboxylic acids is 1. The normalized spacial score (nSPS) is 10.0. The van der Waals surface area contributed by atoms with Crippen molar-refractivity contribution in [1.29, 1.82) is 5.26 Å². The smallest absolute Gasteiger partial charge is 0.259 e. The molecular formula is C20H22N2O2. The van der Waals surface area contributed by atoms with Crippen molar-refractivity contribution in [2.75, 3.05) is 11.9 Å². The molecule has 1 N–H and O–H groups in total. The van der Waals surface area contributed by atoms with Crippen LogP contribution in [0, 0.1) is 11.3 Å². The zero-order valence-corrected chi connectivity index (χ0v) is 13.9. The second kappa shape index (κ2) is 9.36. The van der Waals surface area contributed by atoms with Crippen molar-refractivity contribution in [2.45, 2.75) is 32.6 Å². The van der Waals surface area contributed by atoms with E-state index < -0.39 is 0 Å². The molecule has 0 aliphatic rings. The van der Waals surface area contributed by atoms with E-state index in [-0.39, 0.29) is 5.91 Å². The second-order valence-electron chi connectivity index (χ2n) is 5.55. The van der Waals surface area contributed by atoms with E-state index in [1.165, 1.54) is 12.8 Å². The van der Waals surface area contributed by atoms with Crippen molar-refractivity contribution in [1.82, 2.24) is 0 Å². The van der Waals surface area contributed by atoms with Gasteiger partial charge in [-0.1, -0.05) is 44.4 Å². The lowest BCUT2D eigenvalue weighted by Crippen LogP contribution is -2.14. The number of nitrogens with zero attached hydrogens (tertiary/aromatic N) is 1. The highest BCUT2D eigenvalue weighted by Gasteiger charge is 2.12. The zero-order valence-electron chi connectivity index (χ0n) is 13.9. The van der Waals surface area contributed by atoms with E-state index in [2.05, 4.69) is 18.3 Å². The van der Waals surface area contributed by atoms with Gasteiger partial charge < -0.3 is 10.1 Å². The number of unbranched alkanes of at least 4 members (excludes halogenated alkanes) is 3. The minimum Gasteiger partial charge on any atom is -0.493 e. The molecule has 0 bridgehead atoms. The quantitative estimate of drug-likeness (QED) is 0.712. The number of hydrogen-bond donors (Lipinski definition) is 1. The molecule has 0 saturated carbocycles. The van der Waals surface area contributed by atoms with Gasteiger partial charge in [0.25, 0.3) is 5.91 Å². The Balaban J connectivity index is 2.02. The molecule has 2 aromatic carbocycles. The Morgan fingerprint density at radius 3 is 2.75 bits per heavy atom. The van der Waals surface area contributed by atoms with Crippen LogP contribution in [-0.4, -0.2) is 12.5 Å². The Morgan fingerprint density at radius 2 is 1.96 bits per heavy atom. The van der Waals surface area contributed by atoms with Gasteiger partial charge in [-0.2, -0.15) is 5.26 Å². The van der Waals surface area contributed by atoms with Gasteiger partial charge >= 0.3 is 0 Å². The molecule has 0 heterocycles. The van der Waals surface area contributed by atoms with Crippen molar-refractivity contribution in [3.05, 3.63) is 59.7 Å². The number of para-hydroxylation sites is 1. The average molecular weight is 322 g/mol. The molecule has 0 atom stereocenters. The van der Waals surface area contributed by atoms with Crippen LogP contribution >= 0.6 is 0 Å². The lowest BCUT2D eigenvalue weighted by atomic mass is 10.1. The molecule has 1 amide bonds. The van der Waals surface area contributed by atoms with E-state index in [1.54, 1.807) is 36.4 Å². The average Bonchev–Trinajstić information content (AvgIpc) is 2.62. The summed E-state index contributed by atoms with van der Waals surface area (Å²) in [5.74, 6) is 0.345. The third-order valence-electron chi connectivity index (χ3n) is 3.64. The minimum atomic E-state index is -0.241. The van der Waals surface area contributed by atoms with Crippen molar-refractivity contribution in [3.63, 3.8) is 0 Å². The Bertz CT molecular complexity index is 720. The maximum Gasteiger partial charge on any atom is 0.259 e. The fraction of sp³-hybridized carbons (Fsp3) is 0.300. The summed E-state index contributed by atoms with van der Waals surface area (Å²) < 4.78 is 5.77. The topological polar surface area (TPSA) is 62.1 Å². The molecule has 0 radical (unpaired) electrons. The highest BCUT2D eigenvalue weighted by molar-refractivity contribution is 6.06. The van der Waals surface area contributed by atoms with Gasteiger partial charge in [-0.05, 0) is 36.8 Å². The van der Waals surface area contributed by atoms with Gasteiger partial charge in [0.05, 0.1) is 23.8 Å². The number of carbonyl (C=O) groups is 1. The van der Waals surface area contributed by atoms with Crippen LogP contribution in [0.25, 0.3) is 0 Å². The van der Waals surface area contributed by atoms with Gasteiger partial charge in [-0.3, -0.25) is 4.79 Å². The molecule has 2 rings (SSSR count). The lowest BCUT2D eigenvalue weighted by Gasteiger charge is -2.12. The first-order chi connectivity index (χ1) is 11.7. The number of ether oxygens (including phenoxy) is 1. The zero-order chi connectivity index (χ0) is 17.2. The van der Waals surface area contributed by atoms with Gasteiger partial charge in [-0.15, -0.1) is 0 Å². The SMILES string of the molecule is CCCCCCOc1ccccc1C(=O)Nc1cccc(C#N)c1. The van der Waals surface area contributed by atoms with Crippen LogP contribution in [0.2, 0.25) is 0 Å². The van der Waals surface area contributed by atoms with E-state index in [0.717, 1.165) is 12.8 Å². The van der Waals surface area contributed by atoms with E-state index in [0.29, 0.717) is 29.2 Å². The molecule has 124 valence electrons. The summed E-state index contributed by atoms with van der Waals surface area (Å²) in [7, 11) is 0. The maximum atomic E-state index is 12.5. The van der Waals surface area contributed by atoms with Crippen molar-refractivity contribution in [2.24, 2.45) is 0 Å². The Hall–Kier alpha value is -2.80. The number of nitrogens with one attached hydrogen (secondary N) is 1. The summed E-state index contributed by atoms with van der Waals surface area (Å²) in [6.45, 7) is 2.77. The Labute approximate surface area is 143 Å². The predicted molar refractivity (Wildman–Crippen MR) is 95.2 cm³/mol. The van der Waals surface area contributed by atoms with E-state index in [4.69, 9.17) is 10.00 Å². The molecule has 0 aliphatic carbocycles. The van der Waals surface area contributed by atoms with Crippen LogP contribution in [0.1, 0.15) is 48.5 Å². The van der Waals surface area contributed by atoms with Gasteiger partial charge in [0, 0.05) is 5.69 Å². The van der Waals surface area contributed by atoms with Crippen molar-refractivity contribution >= 4 is 11.6 Å². The maximum absolute atomic E-state index is 12.5. The molecule has 0 spiro atoms. The fourth-order valence-corrected chi connectivity index (χ4v) is 2.36. The summed E-state index contributed by atoms with van der Waals surface area (Å²) >= 11 is 0. The summed E-state index contributed by atoms with van der Waals surface area (Å²) in [5, 5.41) is 11.7. The van der Waals surface area contributed by atoms with Crippen LogP contribution in [0.3, 0.4) is 0 Å². The van der Waals surface area contributed by atoms with Crippen molar-refractivity contribution < 1.29 is 9.53 Å². The van der Waals surface area contributed by atoms with Crippen molar-refractivity contribution in [3.8, 4) is 11.8 Å². The van der Waals surface area contributed by atoms with Gasteiger partial charge in [0.15, 0.2) is 0 Å². The summed E-state index contributed by atoms with van der Waals surface area (Å²) in [6, 6.07) is 16.1. The van der Waals surface area contributed by atoms with E-state index in [1.807, 2.05) is 12.1 Å². The summed E-state index contributed by atoms with van der Waals surface area (Å²) in [4.78, 5) is 12.5. The highest BCUT2D eigenvalue weighted by Crippen LogP contribution is 2.20. The molecule has 0 unspecified atom stereocenters. The number of amides is 1. The number of hydrogen-bond acceptors (Lipinski definition) is 3. The van der Waals surface area contributed by atoms with Crippen LogP contribution in [0.5, 0.6) is 5.75 Å². The van der Waals surface area contributed by atoms with Crippen LogP contribution in [0.15, 0.2) is 48.5 Å². The van der Waals surface area contributed by atoms with Gasteiger partial charge in [0.1, 0.15) is 5.75 Å². The Kier molecular flexibility index (Phi) is 6.85. The lowest BCUT2D eigenvalue weighted by molar-refractivity contribution is 0.102. The summed E-state index contributed by atoms with van der Waals surface area (Å²) in [6.07, 6.45) is 4.49. The van der Waals surface area contributed by atoms with E-state index >= 15 is 0 Å².